The summed E-state index contributed by atoms with van der Waals surface area (Å²) >= 11 is 0. The molecule has 0 saturated heterocycles. The SMILES string of the molecule is Cc1ccc(-c2cc(C(=O)NCc3ccc(C)[n+](O)c3)cc(S(C)(=O)=O)c2)cc1.Cc1ccc(-c2cc(C(=O)NCc3ccc(C)nc3)cc(S(C)(=O)=O)c2)cc1. The molecule has 2 heterocycles. The van der Waals surface area contributed by atoms with Crippen LogP contribution in [0.1, 0.15) is 54.4 Å². The number of aryl methyl sites for hydroxylation is 4. The minimum Gasteiger partial charge on any atom is -0.348 e. The highest BCUT2D eigenvalue weighted by molar-refractivity contribution is 7.91. The highest BCUT2D eigenvalue weighted by Gasteiger charge is 2.17. The van der Waals surface area contributed by atoms with Crippen molar-refractivity contribution in [3.05, 3.63) is 166 Å². The number of carbonyl (C=O) groups is 2. The van der Waals surface area contributed by atoms with Gasteiger partial charge in [-0.1, -0.05) is 65.7 Å². The average molecular weight is 806 g/mol. The van der Waals surface area contributed by atoms with Gasteiger partial charge in [-0.15, -0.1) is 0 Å². The molecule has 294 valence electrons. The third-order valence-electron chi connectivity index (χ3n) is 9.03. The van der Waals surface area contributed by atoms with E-state index in [2.05, 4.69) is 15.6 Å². The molecule has 6 rings (SSSR count). The van der Waals surface area contributed by atoms with Crippen molar-refractivity contribution in [2.24, 2.45) is 0 Å². The maximum Gasteiger partial charge on any atom is 0.251 e. The predicted octanol–water partition coefficient (Wildman–Crippen LogP) is 6.53. The fourth-order valence-electron chi connectivity index (χ4n) is 5.60. The van der Waals surface area contributed by atoms with Crippen LogP contribution in [0.5, 0.6) is 0 Å². The zero-order valence-electron chi connectivity index (χ0n) is 32.6. The number of benzene rings is 4. The van der Waals surface area contributed by atoms with Crippen LogP contribution in [0.2, 0.25) is 0 Å². The third-order valence-corrected chi connectivity index (χ3v) is 11.2. The number of carbonyl (C=O) groups excluding carboxylic acids is 2. The second-order valence-electron chi connectivity index (χ2n) is 14.0. The van der Waals surface area contributed by atoms with Gasteiger partial charge in [-0.2, -0.15) is 0 Å². The number of amides is 2. The van der Waals surface area contributed by atoms with E-state index >= 15 is 0 Å². The van der Waals surface area contributed by atoms with Crippen LogP contribution < -0.4 is 15.4 Å². The molecule has 57 heavy (non-hydrogen) atoms. The molecule has 6 aromatic rings. The summed E-state index contributed by atoms with van der Waals surface area (Å²) in [6.07, 6.45) is 5.48. The van der Waals surface area contributed by atoms with Gasteiger partial charge in [0.05, 0.1) is 9.79 Å². The standard InChI is InChI=1S/C22H22N2O4S.C22H22N2O3S/c1-15-4-8-18(9-5-15)19-10-20(12-21(11-19)29(3,27)28)22(25)23-13-17-7-6-16(2)24(26)14-17;1-15-4-8-18(9-5-15)19-10-20(12-21(11-19)28(3,26)27)22(25)24-14-17-7-6-16(2)23-13-17/h4-12,14H,13H2,1-3H3,(H-,23,25,26);4-13H,14H2,1-3H3,(H,24,25)/p+1. The number of hydrogen-bond donors (Lipinski definition) is 3. The zero-order valence-corrected chi connectivity index (χ0v) is 34.2. The van der Waals surface area contributed by atoms with Crippen molar-refractivity contribution < 1.29 is 36.4 Å². The quantitative estimate of drug-likeness (QED) is 0.104. The third kappa shape index (κ3) is 11.7. The van der Waals surface area contributed by atoms with Crippen LogP contribution in [-0.2, 0) is 32.8 Å². The molecule has 2 aromatic heterocycles. The average Bonchev–Trinajstić information content (AvgIpc) is 3.17. The van der Waals surface area contributed by atoms with Gasteiger partial charge in [-0.25, -0.2) is 16.8 Å². The van der Waals surface area contributed by atoms with E-state index in [0.717, 1.165) is 50.8 Å². The lowest BCUT2D eigenvalue weighted by Gasteiger charge is -2.10. The number of pyridine rings is 2. The molecule has 0 aliphatic rings. The van der Waals surface area contributed by atoms with Crippen LogP contribution in [0.25, 0.3) is 22.3 Å². The van der Waals surface area contributed by atoms with Gasteiger partial charge < -0.3 is 10.6 Å². The molecule has 0 bridgehead atoms. The van der Waals surface area contributed by atoms with E-state index in [1.165, 1.54) is 18.3 Å². The molecular weight excluding hydrogens is 761 g/mol. The Morgan fingerprint density at radius 2 is 1.02 bits per heavy atom. The second-order valence-corrected chi connectivity index (χ2v) is 18.0. The maximum absolute atomic E-state index is 12.7. The molecular formula is C44H45N4O7S2+. The van der Waals surface area contributed by atoms with Crippen LogP contribution >= 0.6 is 0 Å². The highest BCUT2D eigenvalue weighted by Crippen LogP contribution is 2.27. The molecule has 0 fully saturated rings. The largest absolute Gasteiger partial charge is 0.348 e. The van der Waals surface area contributed by atoms with Gasteiger partial charge in [0.25, 0.3) is 11.8 Å². The maximum atomic E-state index is 12.7. The Balaban J connectivity index is 0.000000218. The molecule has 4 aromatic carbocycles. The van der Waals surface area contributed by atoms with Gasteiger partial charge >= 0.3 is 0 Å². The van der Waals surface area contributed by atoms with E-state index in [0.29, 0.717) is 34.5 Å². The van der Waals surface area contributed by atoms with E-state index < -0.39 is 25.6 Å². The van der Waals surface area contributed by atoms with Crippen molar-refractivity contribution in [3.8, 4) is 22.3 Å². The van der Waals surface area contributed by atoms with Gasteiger partial charge in [-0.05, 0) is 97.1 Å². The Bertz CT molecular complexity index is 2640. The van der Waals surface area contributed by atoms with Gasteiger partial charge in [-0.3, -0.25) is 19.8 Å². The van der Waals surface area contributed by atoms with Gasteiger partial charge in [0.2, 0.25) is 11.9 Å². The normalized spacial score (nSPS) is 11.3. The van der Waals surface area contributed by atoms with Crippen molar-refractivity contribution >= 4 is 31.5 Å². The first kappa shape index (κ1) is 42.0. The molecule has 0 saturated carbocycles. The summed E-state index contributed by atoms with van der Waals surface area (Å²) in [4.78, 5) is 29.8. The number of aromatic nitrogens is 2. The van der Waals surface area contributed by atoms with Crippen molar-refractivity contribution in [3.63, 3.8) is 0 Å². The Labute approximate surface area is 333 Å². The fourth-order valence-corrected chi connectivity index (χ4v) is 6.96. The Hall–Kier alpha value is -6.18. The predicted molar refractivity (Wildman–Crippen MR) is 219 cm³/mol. The number of sulfone groups is 2. The van der Waals surface area contributed by atoms with Crippen LogP contribution in [0.15, 0.2) is 131 Å². The van der Waals surface area contributed by atoms with E-state index in [-0.39, 0.29) is 27.8 Å². The van der Waals surface area contributed by atoms with Crippen molar-refractivity contribution in [2.75, 3.05) is 12.5 Å². The molecule has 0 unspecified atom stereocenters. The van der Waals surface area contributed by atoms with E-state index in [1.54, 1.807) is 49.5 Å². The second kappa shape index (κ2) is 17.7. The van der Waals surface area contributed by atoms with E-state index in [1.807, 2.05) is 81.4 Å². The number of rotatable bonds is 10. The monoisotopic (exact) mass is 805 g/mol. The highest BCUT2D eigenvalue weighted by atomic mass is 32.2. The fraction of sp³-hybridized carbons (Fsp3) is 0.182. The summed E-state index contributed by atoms with van der Waals surface area (Å²) in [7, 11) is -6.95. The molecule has 0 aliphatic heterocycles. The molecule has 13 heteroatoms. The summed E-state index contributed by atoms with van der Waals surface area (Å²) in [5, 5.41) is 15.3. The number of nitrogens with one attached hydrogen (secondary N) is 2. The first-order valence-electron chi connectivity index (χ1n) is 17.9. The molecule has 0 aliphatic carbocycles. The first-order chi connectivity index (χ1) is 26.8. The Morgan fingerprint density at radius 1 is 0.579 bits per heavy atom. The van der Waals surface area contributed by atoms with Crippen molar-refractivity contribution in [1.82, 2.24) is 15.6 Å². The topological polar surface area (TPSA) is 163 Å². The summed E-state index contributed by atoms with van der Waals surface area (Å²) in [6.45, 7) is 8.11. The summed E-state index contributed by atoms with van der Waals surface area (Å²) in [5.74, 6) is -0.728. The van der Waals surface area contributed by atoms with Crippen LogP contribution in [0, 0.1) is 27.7 Å². The molecule has 3 N–H and O–H groups in total. The Morgan fingerprint density at radius 3 is 1.42 bits per heavy atom. The first-order valence-corrected chi connectivity index (χ1v) is 21.7. The summed E-state index contributed by atoms with van der Waals surface area (Å²) in [5.41, 5.74) is 8.93. The van der Waals surface area contributed by atoms with E-state index in [9.17, 15) is 31.6 Å². The van der Waals surface area contributed by atoms with Crippen LogP contribution in [0.4, 0.5) is 0 Å². The van der Waals surface area contributed by atoms with E-state index in [4.69, 9.17) is 0 Å². The minimum atomic E-state index is -3.49. The molecule has 0 atom stereocenters. The van der Waals surface area contributed by atoms with Crippen molar-refractivity contribution in [2.45, 2.75) is 50.6 Å². The van der Waals surface area contributed by atoms with Crippen molar-refractivity contribution in [1.29, 1.82) is 0 Å². The lowest BCUT2D eigenvalue weighted by Crippen LogP contribution is -2.34. The number of nitrogens with zero attached hydrogens (tertiary/aromatic N) is 2. The smallest absolute Gasteiger partial charge is 0.251 e. The van der Waals surface area contributed by atoms with Crippen LogP contribution in [0.3, 0.4) is 0 Å². The minimum absolute atomic E-state index is 0.0873. The summed E-state index contributed by atoms with van der Waals surface area (Å²) < 4.78 is 49.5. The number of hydrogen-bond acceptors (Lipinski definition) is 8. The van der Waals surface area contributed by atoms with Gasteiger partial charge in [0.1, 0.15) is 0 Å². The molecule has 0 spiro atoms. The lowest BCUT2D eigenvalue weighted by atomic mass is 10.0. The van der Waals surface area contributed by atoms with Crippen LogP contribution in [-0.4, -0.2) is 51.4 Å². The van der Waals surface area contributed by atoms with Gasteiger partial charge in [0, 0.05) is 71.9 Å². The molecule has 0 radical (unpaired) electrons. The molecule has 11 nitrogen and oxygen atoms in total. The Kier molecular flexibility index (Phi) is 13.1. The zero-order chi connectivity index (χ0) is 41.5. The lowest BCUT2D eigenvalue weighted by molar-refractivity contribution is -0.909. The van der Waals surface area contributed by atoms with Gasteiger partial charge in [0.15, 0.2) is 19.7 Å². The molecule has 2 amide bonds. The summed E-state index contributed by atoms with van der Waals surface area (Å²) in [6, 6.07) is 32.0.